The van der Waals surface area contributed by atoms with Crippen molar-refractivity contribution in [3.05, 3.63) is 48.3 Å². The number of aromatic nitrogens is 2. The molecule has 1 heterocycles. The van der Waals surface area contributed by atoms with E-state index in [1.165, 1.54) is 0 Å². The van der Waals surface area contributed by atoms with E-state index in [1.807, 2.05) is 43.5 Å². The lowest BCUT2D eigenvalue weighted by atomic mass is 10.2. The Morgan fingerprint density at radius 3 is 2.59 bits per heavy atom. The average molecular weight is 229 g/mol. The lowest BCUT2D eigenvalue weighted by Crippen LogP contribution is -2.26. The number of hydrogen-bond acceptors (Lipinski definition) is 2. The molecule has 0 aliphatic carbocycles. The molecule has 0 radical (unpaired) electrons. The molecule has 1 amide bonds. The van der Waals surface area contributed by atoms with Crippen LogP contribution in [0.4, 0.5) is 0 Å². The maximum Gasteiger partial charge on any atom is 0.253 e. The van der Waals surface area contributed by atoms with Crippen LogP contribution < -0.4 is 0 Å². The second kappa shape index (κ2) is 4.82. The minimum absolute atomic E-state index is 0.0412. The molecule has 88 valence electrons. The van der Waals surface area contributed by atoms with Crippen LogP contribution >= 0.6 is 0 Å². The lowest BCUT2D eigenvalue weighted by Gasteiger charge is -2.14. The molecular weight excluding hydrogens is 214 g/mol. The second-order valence-corrected chi connectivity index (χ2v) is 3.82. The van der Waals surface area contributed by atoms with Crippen molar-refractivity contribution in [2.75, 3.05) is 13.6 Å². The highest BCUT2D eigenvalue weighted by molar-refractivity contribution is 5.94. The first-order chi connectivity index (χ1) is 8.22. The maximum absolute atomic E-state index is 11.9. The predicted molar refractivity (Wildman–Crippen MR) is 66.2 cm³/mol. The van der Waals surface area contributed by atoms with Crippen molar-refractivity contribution in [1.29, 1.82) is 0 Å². The molecule has 0 saturated heterocycles. The van der Waals surface area contributed by atoms with Crippen molar-refractivity contribution in [2.24, 2.45) is 0 Å². The SMILES string of the molecule is CCN(C)C(=O)c1ccc(-n2cccn2)cc1. The molecule has 0 saturated carbocycles. The lowest BCUT2D eigenvalue weighted by molar-refractivity contribution is 0.0802. The molecule has 1 aromatic carbocycles. The van der Waals surface area contributed by atoms with Crippen LogP contribution in [0.15, 0.2) is 42.7 Å². The zero-order chi connectivity index (χ0) is 12.3. The van der Waals surface area contributed by atoms with Crippen LogP contribution in [0.2, 0.25) is 0 Å². The Kier molecular flexibility index (Phi) is 3.23. The van der Waals surface area contributed by atoms with E-state index in [1.54, 1.807) is 22.8 Å². The maximum atomic E-state index is 11.9. The van der Waals surface area contributed by atoms with Crippen LogP contribution in [0.5, 0.6) is 0 Å². The van der Waals surface area contributed by atoms with Crippen molar-refractivity contribution in [1.82, 2.24) is 14.7 Å². The third-order valence-corrected chi connectivity index (χ3v) is 2.70. The summed E-state index contributed by atoms with van der Waals surface area (Å²) in [5.74, 6) is 0.0412. The highest BCUT2D eigenvalue weighted by Gasteiger charge is 2.09. The average Bonchev–Trinajstić information content (AvgIpc) is 2.91. The summed E-state index contributed by atoms with van der Waals surface area (Å²) in [7, 11) is 1.80. The van der Waals surface area contributed by atoms with Crippen LogP contribution in [0.3, 0.4) is 0 Å². The Labute approximate surface area is 100 Å². The molecule has 0 fully saturated rings. The van der Waals surface area contributed by atoms with E-state index < -0.39 is 0 Å². The van der Waals surface area contributed by atoms with Gasteiger partial charge in [0.15, 0.2) is 0 Å². The zero-order valence-electron chi connectivity index (χ0n) is 10.00. The third-order valence-electron chi connectivity index (χ3n) is 2.70. The van der Waals surface area contributed by atoms with Crippen molar-refractivity contribution < 1.29 is 4.79 Å². The summed E-state index contributed by atoms with van der Waals surface area (Å²) in [5, 5.41) is 4.13. The van der Waals surface area contributed by atoms with Crippen molar-refractivity contribution in [3.63, 3.8) is 0 Å². The topological polar surface area (TPSA) is 38.1 Å². The molecule has 2 rings (SSSR count). The molecule has 4 heteroatoms. The van der Waals surface area contributed by atoms with Gasteiger partial charge in [-0.25, -0.2) is 4.68 Å². The highest BCUT2D eigenvalue weighted by atomic mass is 16.2. The monoisotopic (exact) mass is 229 g/mol. The Bertz CT molecular complexity index is 488. The zero-order valence-corrected chi connectivity index (χ0v) is 10.00. The Morgan fingerprint density at radius 2 is 2.06 bits per heavy atom. The molecule has 0 N–H and O–H groups in total. The first-order valence-electron chi connectivity index (χ1n) is 5.58. The van der Waals surface area contributed by atoms with Crippen molar-refractivity contribution in [3.8, 4) is 5.69 Å². The van der Waals surface area contributed by atoms with Gasteiger partial charge in [0, 0.05) is 31.5 Å². The summed E-state index contributed by atoms with van der Waals surface area (Å²) in [4.78, 5) is 13.6. The highest BCUT2D eigenvalue weighted by Crippen LogP contribution is 2.10. The molecule has 0 spiro atoms. The van der Waals surface area contributed by atoms with Crippen LogP contribution in [0.25, 0.3) is 5.69 Å². The van der Waals surface area contributed by atoms with Crippen LogP contribution in [0, 0.1) is 0 Å². The van der Waals surface area contributed by atoms with E-state index in [0.29, 0.717) is 12.1 Å². The van der Waals surface area contributed by atoms with E-state index in [-0.39, 0.29) is 5.91 Å². The van der Waals surface area contributed by atoms with Crippen molar-refractivity contribution in [2.45, 2.75) is 6.92 Å². The smallest absolute Gasteiger partial charge is 0.253 e. The predicted octanol–water partition coefficient (Wildman–Crippen LogP) is 1.96. The quantitative estimate of drug-likeness (QED) is 0.807. The molecule has 0 atom stereocenters. The van der Waals surface area contributed by atoms with Gasteiger partial charge in [0.25, 0.3) is 5.91 Å². The minimum Gasteiger partial charge on any atom is -0.342 e. The van der Waals surface area contributed by atoms with Crippen LogP contribution in [-0.4, -0.2) is 34.2 Å². The van der Waals surface area contributed by atoms with Crippen LogP contribution in [0.1, 0.15) is 17.3 Å². The Hall–Kier alpha value is -2.10. The Balaban J connectivity index is 2.22. The van der Waals surface area contributed by atoms with Gasteiger partial charge in [-0.3, -0.25) is 4.79 Å². The molecule has 0 bridgehead atoms. The molecular formula is C13H15N3O. The summed E-state index contributed by atoms with van der Waals surface area (Å²) in [5.41, 5.74) is 1.65. The van der Waals surface area contributed by atoms with Gasteiger partial charge in [-0.2, -0.15) is 5.10 Å². The number of nitrogens with zero attached hydrogens (tertiary/aromatic N) is 3. The van der Waals surface area contributed by atoms with E-state index >= 15 is 0 Å². The van der Waals surface area contributed by atoms with Gasteiger partial charge in [0.05, 0.1) is 5.69 Å². The minimum atomic E-state index is 0.0412. The van der Waals surface area contributed by atoms with Crippen molar-refractivity contribution >= 4 is 5.91 Å². The number of carbonyl (C=O) groups is 1. The van der Waals surface area contributed by atoms with Gasteiger partial charge in [-0.05, 0) is 37.3 Å². The molecule has 2 aromatic rings. The van der Waals surface area contributed by atoms with Gasteiger partial charge in [0.1, 0.15) is 0 Å². The second-order valence-electron chi connectivity index (χ2n) is 3.82. The largest absolute Gasteiger partial charge is 0.342 e. The molecule has 0 aliphatic rings. The molecule has 0 aliphatic heterocycles. The van der Waals surface area contributed by atoms with Gasteiger partial charge in [-0.15, -0.1) is 0 Å². The fourth-order valence-corrected chi connectivity index (χ4v) is 1.54. The summed E-state index contributed by atoms with van der Waals surface area (Å²) in [6.45, 7) is 2.66. The fourth-order valence-electron chi connectivity index (χ4n) is 1.54. The van der Waals surface area contributed by atoms with Gasteiger partial charge in [-0.1, -0.05) is 0 Å². The normalized spacial score (nSPS) is 10.2. The summed E-state index contributed by atoms with van der Waals surface area (Å²) in [6, 6.07) is 9.30. The first-order valence-corrected chi connectivity index (χ1v) is 5.58. The van der Waals surface area contributed by atoms with Gasteiger partial charge < -0.3 is 4.90 Å². The number of rotatable bonds is 3. The number of carbonyl (C=O) groups excluding carboxylic acids is 1. The Morgan fingerprint density at radius 1 is 1.35 bits per heavy atom. The van der Waals surface area contributed by atoms with Crippen LogP contribution in [-0.2, 0) is 0 Å². The van der Waals surface area contributed by atoms with Gasteiger partial charge in [0.2, 0.25) is 0 Å². The molecule has 4 nitrogen and oxygen atoms in total. The number of benzene rings is 1. The molecule has 0 unspecified atom stereocenters. The number of amides is 1. The van der Waals surface area contributed by atoms with E-state index in [2.05, 4.69) is 5.10 Å². The molecule has 1 aromatic heterocycles. The summed E-state index contributed by atoms with van der Waals surface area (Å²) >= 11 is 0. The summed E-state index contributed by atoms with van der Waals surface area (Å²) < 4.78 is 1.76. The summed E-state index contributed by atoms with van der Waals surface area (Å²) in [6.07, 6.45) is 3.60. The third kappa shape index (κ3) is 2.36. The van der Waals surface area contributed by atoms with Gasteiger partial charge >= 0.3 is 0 Å². The fraction of sp³-hybridized carbons (Fsp3) is 0.231. The van der Waals surface area contributed by atoms with E-state index in [0.717, 1.165) is 5.69 Å². The molecule has 17 heavy (non-hydrogen) atoms. The first kappa shape index (κ1) is 11.4. The standard InChI is InChI=1S/C13H15N3O/c1-3-15(2)13(17)11-5-7-12(8-6-11)16-10-4-9-14-16/h4-10H,3H2,1-2H3. The van der Waals surface area contributed by atoms with E-state index in [4.69, 9.17) is 0 Å². The van der Waals surface area contributed by atoms with E-state index in [9.17, 15) is 4.79 Å². The number of hydrogen-bond donors (Lipinski definition) is 0.